The largest absolute Gasteiger partial charge is 0.364 e. The molecule has 0 spiro atoms. The molecule has 0 aromatic heterocycles. The number of hydrogen-bond acceptors (Lipinski definition) is 2. The molecule has 1 amide bonds. The Balaban J connectivity index is 2.98. The van der Waals surface area contributed by atoms with E-state index in [0.29, 0.717) is 16.0 Å². The van der Waals surface area contributed by atoms with Crippen LogP contribution in [0, 0.1) is 0 Å². The van der Waals surface area contributed by atoms with Crippen molar-refractivity contribution in [2.75, 3.05) is 0 Å². The average Bonchev–Trinajstić information content (AvgIpc) is 2.58. The summed E-state index contributed by atoms with van der Waals surface area (Å²) < 4.78 is 15.1. The van der Waals surface area contributed by atoms with Gasteiger partial charge >= 0.3 is 0 Å². The molecule has 3 heteroatoms. The van der Waals surface area contributed by atoms with Crippen LogP contribution in [0.1, 0.15) is 8.30 Å². The summed E-state index contributed by atoms with van der Waals surface area (Å²) in [5.41, 5.74) is 5.88. The molecule has 0 aliphatic carbocycles. The van der Waals surface area contributed by atoms with Gasteiger partial charge in [-0.25, -0.2) is 4.99 Å². The van der Waals surface area contributed by atoms with Crippen molar-refractivity contribution in [3.63, 3.8) is 0 Å². The molecule has 0 saturated carbocycles. The van der Waals surface area contributed by atoms with Crippen molar-refractivity contribution in [1.82, 2.24) is 0 Å². The van der Waals surface area contributed by atoms with E-state index in [1.807, 2.05) is 0 Å². The van der Waals surface area contributed by atoms with E-state index in [2.05, 4.69) is 11.6 Å². The molecule has 0 atom stereocenters. The van der Waals surface area contributed by atoms with Crippen molar-refractivity contribution in [1.29, 1.82) is 0 Å². The van der Waals surface area contributed by atoms with Gasteiger partial charge < -0.3 is 5.73 Å². The van der Waals surface area contributed by atoms with Crippen molar-refractivity contribution < 1.29 is 7.54 Å². The summed E-state index contributed by atoms with van der Waals surface area (Å²) >= 11 is 0. The first-order chi connectivity index (χ1) is 7.02. The molecule has 64 valence electrons. The number of amides is 1. The fraction of sp³-hybridized carbons (Fsp3) is 0. The number of aliphatic imine (C=N–C) groups is 1. The number of carbonyl (C=O) groups is 1. The third-order valence-corrected chi connectivity index (χ3v) is 1.84. The second kappa shape index (κ2) is 2.55. The first kappa shape index (κ1) is 5.70. The van der Waals surface area contributed by atoms with E-state index >= 15 is 0 Å². The zero-order valence-electron chi connectivity index (χ0n) is 8.79. The highest BCUT2D eigenvalue weighted by atomic mass is 16.1. The number of carbonyl (C=O) groups excluding carboxylic acids is 1. The number of nitrogens with zero attached hydrogens (tertiary/aromatic N) is 1. The molecule has 0 bridgehead atoms. The van der Waals surface area contributed by atoms with Gasteiger partial charge in [-0.05, 0) is 5.22 Å². The standard InChI is InChI=1S/C10H8N2O/c1-6-3-2-4-7-5-12-9(8(6)7)10(11)13/h2-5H,1H2,(H2,11,13)/i2D,3D. The molecule has 13 heavy (non-hydrogen) atoms. The molecule has 1 aliphatic heterocycles. The lowest BCUT2D eigenvalue weighted by Crippen LogP contribution is -2.30. The lowest BCUT2D eigenvalue weighted by atomic mass is 10.1. The summed E-state index contributed by atoms with van der Waals surface area (Å²) in [6.07, 6.45) is 1.46. The van der Waals surface area contributed by atoms with Gasteiger partial charge in [-0.3, -0.25) is 4.79 Å². The summed E-state index contributed by atoms with van der Waals surface area (Å²) in [6.45, 7) is 3.67. The van der Waals surface area contributed by atoms with Crippen molar-refractivity contribution in [3.8, 4) is 0 Å². The average molecular weight is 174 g/mol. The van der Waals surface area contributed by atoms with Crippen LogP contribution < -0.4 is 16.2 Å². The molecular formula is C10H8N2O. The van der Waals surface area contributed by atoms with E-state index in [1.165, 1.54) is 12.3 Å². The smallest absolute Gasteiger partial charge is 0.267 e. The minimum atomic E-state index is -0.646. The summed E-state index contributed by atoms with van der Waals surface area (Å²) in [5, 5.41) is 0.798. The lowest BCUT2D eigenvalue weighted by molar-refractivity contribution is -0.112. The van der Waals surface area contributed by atoms with Crippen LogP contribution in [0.5, 0.6) is 0 Å². The Morgan fingerprint density at radius 1 is 1.69 bits per heavy atom. The van der Waals surface area contributed by atoms with E-state index in [4.69, 9.17) is 8.48 Å². The Kier molecular flexibility index (Phi) is 1.12. The molecular weight excluding hydrogens is 164 g/mol. The Bertz CT molecular complexity index is 605. The van der Waals surface area contributed by atoms with E-state index in [9.17, 15) is 4.79 Å². The van der Waals surface area contributed by atoms with E-state index in [-0.39, 0.29) is 17.8 Å². The minimum absolute atomic E-state index is 0.00185. The second-order valence-electron chi connectivity index (χ2n) is 2.69. The Labute approximate surface area is 77.7 Å². The summed E-state index contributed by atoms with van der Waals surface area (Å²) in [7, 11) is 0. The predicted octanol–water partition coefficient (Wildman–Crippen LogP) is -0.877. The maximum Gasteiger partial charge on any atom is 0.267 e. The molecule has 3 nitrogen and oxygen atoms in total. The van der Waals surface area contributed by atoms with Crippen LogP contribution in [0.15, 0.2) is 23.1 Å². The molecule has 1 heterocycles. The van der Waals surface area contributed by atoms with Gasteiger partial charge in [0, 0.05) is 17.0 Å². The van der Waals surface area contributed by atoms with Crippen LogP contribution >= 0.6 is 0 Å². The van der Waals surface area contributed by atoms with Crippen LogP contribution in [0.25, 0.3) is 12.3 Å². The predicted molar refractivity (Wildman–Crippen MR) is 51.4 cm³/mol. The highest BCUT2D eigenvalue weighted by molar-refractivity contribution is 6.16. The normalized spacial score (nSPS) is 15.2. The summed E-state index contributed by atoms with van der Waals surface area (Å²) in [5.74, 6) is -0.646. The lowest BCUT2D eigenvalue weighted by Gasteiger charge is -1.92. The van der Waals surface area contributed by atoms with E-state index in [1.54, 1.807) is 0 Å². The monoisotopic (exact) mass is 174 g/mol. The van der Waals surface area contributed by atoms with E-state index < -0.39 is 5.91 Å². The van der Waals surface area contributed by atoms with Gasteiger partial charge in [-0.15, -0.1) is 0 Å². The Morgan fingerprint density at radius 3 is 3.15 bits per heavy atom. The fourth-order valence-corrected chi connectivity index (χ4v) is 1.28. The zero-order valence-corrected chi connectivity index (χ0v) is 6.79. The molecule has 0 radical (unpaired) electrons. The van der Waals surface area contributed by atoms with Crippen LogP contribution in [0.4, 0.5) is 0 Å². The third-order valence-electron chi connectivity index (χ3n) is 1.84. The SMILES string of the molecule is [2H]c1cc2c(c(=C)c1[2H])=C(C(N)=O)N=C2. The quantitative estimate of drug-likeness (QED) is 0.590. The molecule has 0 fully saturated rings. The van der Waals surface area contributed by atoms with Crippen molar-refractivity contribution in [2.45, 2.75) is 0 Å². The van der Waals surface area contributed by atoms with Crippen LogP contribution in [0.3, 0.4) is 0 Å². The number of nitrogens with two attached hydrogens (primary N) is 1. The van der Waals surface area contributed by atoms with E-state index in [0.717, 1.165) is 0 Å². The van der Waals surface area contributed by atoms with Gasteiger partial charge in [0.2, 0.25) is 0 Å². The summed E-state index contributed by atoms with van der Waals surface area (Å²) in [4.78, 5) is 14.9. The van der Waals surface area contributed by atoms with Gasteiger partial charge in [-0.1, -0.05) is 24.7 Å². The number of primary amides is 1. The molecule has 1 aromatic rings. The van der Waals surface area contributed by atoms with Crippen molar-refractivity contribution in [2.24, 2.45) is 10.7 Å². The van der Waals surface area contributed by atoms with Gasteiger partial charge in [0.15, 0.2) is 0 Å². The minimum Gasteiger partial charge on any atom is -0.364 e. The maximum absolute atomic E-state index is 11.0. The molecule has 0 saturated heterocycles. The molecule has 1 aliphatic rings. The third kappa shape index (κ3) is 1.05. The topological polar surface area (TPSA) is 55.5 Å². The maximum atomic E-state index is 11.0. The van der Waals surface area contributed by atoms with Gasteiger partial charge in [0.05, 0.1) is 2.74 Å². The van der Waals surface area contributed by atoms with Crippen LogP contribution in [0.2, 0.25) is 0 Å². The Hall–Kier alpha value is -1.90. The van der Waals surface area contributed by atoms with Crippen molar-refractivity contribution >= 4 is 24.4 Å². The number of rotatable bonds is 1. The number of hydrogen-bond donors (Lipinski definition) is 1. The molecule has 2 N–H and O–H groups in total. The highest BCUT2D eigenvalue weighted by Gasteiger charge is 2.11. The first-order valence-electron chi connectivity index (χ1n) is 4.69. The number of fused-ring (bicyclic) bond motifs is 1. The molecule has 1 aromatic carbocycles. The van der Waals surface area contributed by atoms with Gasteiger partial charge in [-0.2, -0.15) is 0 Å². The number of benzene rings is 1. The second-order valence-corrected chi connectivity index (χ2v) is 2.69. The summed E-state index contributed by atoms with van der Waals surface area (Å²) in [6, 6.07) is 1.54. The first-order valence-corrected chi connectivity index (χ1v) is 3.69. The van der Waals surface area contributed by atoms with Crippen molar-refractivity contribution in [3.05, 3.63) is 34.2 Å². The molecule has 2 rings (SSSR count). The molecule has 0 unspecified atom stereocenters. The van der Waals surface area contributed by atoms with Gasteiger partial charge in [0.25, 0.3) is 5.91 Å². The zero-order chi connectivity index (χ0) is 11.2. The Morgan fingerprint density at radius 2 is 2.46 bits per heavy atom. The van der Waals surface area contributed by atoms with Gasteiger partial charge in [0.1, 0.15) is 5.70 Å². The van der Waals surface area contributed by atoms with Crippen LogP contribution in [-0.2, 0) is 4.79 Å². The fourth-order valence-electron chi connectivity index (χ4n) is 1.28. The highest BCUT2D eigenvalue weighted by Crippen LogP contribution is 2.01. The van der Waals surface area contributed by atoms with Crippen LogP contribution in [-0.4, -0.2) is 12.1 Å².